The predicted molar refractivity (Wildman–Crippen MR) is 77.0 cm³/mol. The molecule has 0 aromatic heterocycles. The van der Waals surface area contributed by atoms with Crippen molar-refractivity contribution in [1.82, 2.24) is 0 Å². The number of carbonyl (C=O) groups is 1. The van der Waals surface area contributed by atoms with Crippen molar-refractivity contribution in [1.29, 1.82) is 0 Å². The summed E-state index contributed by atoms with van der Waals surface area (Å²) in [5, 5.41) is 0. The SMILES string of the molecule is CCC(=O)CC.CCCC(C)Oc1ccccc1. The van der Waals surface area contributed by atoms with Gasteiger partial charge in [0.05, 0.1) is 6.10 Å². The molecule has 0 spiro atoms. The number of ketones is 1. The van der Waals surface area contributed by atoms with Crippen LogP contribution in [0.5, 0.6) is 5.75 Å². The van der Waals surface area contributed by atoms with Crippen molar-refractivity contribution in [3.63, 3.8) is 0 Å². The average Bonchev–Trinajstić information content (AvgIpc) is 2.40. The van der Waals surface area contributed by atoms with E-state index in [9.17, 15) is 4.79 Å². The van der Waals surface area contributed by atoms with E-state index in [1.807, 2.05) is 44.2 Å². The number of para-hydroxylation sites is 1. The van der Waals surface area contributed by atoms with Gasteiger partial charge in [0.2, 0.25) is 0 Å². The van der Waals surface area contributed by atoms with E-state index >= 15 is 0 Å². The summed E-state index contributed by atoms with van der Waals surface area (Å²) >= 11 is 0. The van der Waals surface area contributed by atoms with Crippen LogP contribution in [-0.2, 0) is 4.79 Å². The quantitative estimate of drug-likeness (QED) is 0.735. The van der Waals surface area contributed by atoms with Gasteiger partial charge >= 0.3 is 0 Å². The Labute approximate surface area is 111 Å². The Morgan fingerprint density at radius 2 is 1.67 bits per heavy atom. The molecule has 1 atom stereocenters. The fourth-order valence-electron chi connectivity index (χ4n) is 1.45. The summed E-state index contributed by atoms with van der Waals surface area (Å²) in [6.45, 7) is 8.04. The third kappa shape index (κ3) is 8.80. The maximum atomic E-state index is 10.2. The Balaban J connectivity index is 0.000000411. The Morgan fingerprint density at radius 3 is 2.06 bits per heavy atom. The molecule has 0 bridgehead atoms. The largest absolute Gasteiger partial charge is 0.491 e. The number of benzene rings is 1. The van der Waals surface area contributed by atoms with Crippen LogP contribution in [0.3, 0.4) is 0 Å². The molecule has 1 unspecified atom stereocenters. The third-order valence-electron chi connectivity index (χ3n) is 2.56. The van der Waals surface area contributed by atoms with E-state index < -0.39 is 0 Å². The standard InChI is InChI=1S/C11H16O.C5H10O/c1-3-7-10(2)12-11-8-5-4-6-9-11;1-3-5(6)4-2/h4-6,8-10H,3,7H2,1-2H3;3-4H2,1-2H3. The lowest BCUT2D eigenvalue weighted by molar-refractivity contribution is -0.118. The number of hydrogen-bond donors (Lipinski definition) is 0. The molecule has 1 aromatic rings. The van der Waals surface area contributed by atoms with Gasteiger partial charge in [0.25, 0.3) is 0 Å². The molecule has 0 heterocycles. The average molecular weight is 250 g/mol. The minimum atomic E-state index is 0.331. The van der Waals surface area contributed by atoms with Crippen LogP contribution in [0, 0.1) is 0 Å². The molecule has 1 aromatic carbocycles. The smallest absolute Gasteiger partial charge is 0.132 e. The van der Waals surface area contributed by atoms with Crippen molar-refractivity contribution in [3.8, 4) is 5.75 Å². The zero-order valence-electron chi connectivity index (χ0n) is 12.1. The Hall–Kier alpha value is -1.31. The summed E-state index contributed by atoms with van der Waals surface area (Å²) in [6, 6.07) is 9.97. The van der Waals surface area contributed by atoms with Crippen molar-refractivity contribution in [2.75, 3.05) is 0 Å². The van der Waals surface area contributed by atoms with Gasteiger partial charge < -0.3 is 4.74 Å². The molecule has 0 amide bonds. The normalized spacial score (nSPS) is 11.1. The molecule has 0 aliphatic heterocycles. The maximum Gasteiger partial charge on any atom is 0.132 e. The monoisotopic (exact) mass is 250 g/mol. The summed E-state index contributed by atoms with van der Waals surface area (Å²) in [5.41, 5.74) is 0. The van der Waals surface area contributed by atoms with Crippen LogP contribution in [0.15, 0.2) is 30.3 Å². The first-order valence-electron chi connectivity index (χ1n) is 6.87. The Morgan fingerprint density at radius 1 is 1.11 bits per heavy atom. The molecule has 0 radical (unpaired) electrons. The molecule has 0 saturated heterocycles. The van der Waals surface area contributed by atoms with Gasteiger partial charge in [-0.25, -0.2) is 0 Å². The summed E-state index contributed by atoms with van der Waals surface area (Å²) in [7, 11) is 0. The molecule has 0 N–H and O–H groups in total. The topological polar surface area (TPSA) is 26.3 Å². The van der Waals surface area contributed by atoms with Gasteiger partial charge in [-0.05, 0) is 25.5 Å². The zero-order chi connectivity index (χ0) is 13.8. The van der Waals surface area contributed by atoms with Crippen LogP contribution in [0.25, 0.3) is 0 Å². The van der Waals surface area contributed by atoms with Gasteiger partial charge in [0.1, 0.15) is 11.5 Å². The molecular formula is C16H26O2. The first-order chi connectivity index (χ1) is 8.63. The van der Waals surface area contributed by atoms with Crippen molar-refractivity contribution in [2.24, 2.45) is 0 Å². The lowest BCUT2D eigenvalue weighted by Crippen LogP contribution is -2.10. The fourth-order valence-corrected chi connectivity index (χ4v) is 1.45. The molecule has 0 aliphatic carbocycles. The van der Waals surface area contributed by atoms with Crippen molar-refractivity contribution in [3.05, 3.63) is 30.3 Å². The highest BCUT2D eigenvalue weighted by molar-refractivity contribution is 5.77. The fraction of sp³-hybridized carbons (Fsp3) is 0.562. The second kappa shape index (κ2) is 10.8. The highest BCUT2D eigenvalue weighted by Crippen LogP contribution is 2.12. The van der Waals surface area contributed by atoms with E-state index in [2.05, 4.69) is 13.8 Å². The van der Waals surface area contributed by atoms with Gasteiger partial charge in [0, 0.05) is 12.8 Å². The number of rotatable bonds is 6. The van der Waals surface area contributed by atoms with Gasteiger partial charge in [0.15, 0.2) is 0 Å². The first-order valence-corrected chi connectivity index (χ1v) is 6.87. The van der Waals surface area contributed by atoms with Crippen LogP contribution in [0.4, 0.5) is 0 Å². The minimum absolute atomic E-state index is 0.331. The zero-order valence-corrected chi connectivity index (χ0v) is 12.1. The van der Waals surface area contributed by atoms with Crippen LogP contribution < -0.4 is 4.74 Å². The number of ether oxygens (including phenoxy) is 1. The molecule has 18 heavy (non-hydrogen) atoms. The first kappa shape index (κ1) is 16.7. The highest BCUT2D eigenvalue weighted by Gasteiger charge is 2.00. The van der Waals surface area contributed by atoms with Crippen molar-refractivity contribution >= 4 is 5.78 Å². The third-order valence-corrected chi connectivity index (χ3v) is 2.56. The number of carbonyl (C=O) groups excluding carboxylic acids is 1. The summed E-state index contributed by atoms with van der Waals surface area (Å²) < 4.78 is 5.65. The second-order valence-electron chi connectivity index (χ2n) is 4.28. The molecular weight excluding hydrogens is 224 g/mol. The minimum Gasteiger partial charge on any atom is -0.491 e. The van der Waals surface area contributed by atoms with Gasteiger partial charge in [-0.2, -0.15) is 0 Å². The summed E-state index contributed by atoms with van der Waals surface area (Å²) in [6.07, 6.45) is 4.01. The Bertz CT molecular complexity index is 300. The number of Topliss-reactive ketones (excluding diaryl/α,β-unsaturated/α-hetero) is 1. The molecule has 0 saturated carbocycles. The van der Waals surface area contributed by atoms with E-state index in [0.717, 1.165) is 12.2 Å². The van der Waals surface area contributed by atoms with Crippen molar-refractivity contribution < 1.29 is 9.53 Å². The maximum absolute atomic E-state index is 10.2. The van der Waals surface area contributed by atoms with Crippen LogP contribution in [0.1, 0.15) is 53.4 Å². The molecule has 1 rings (SSSR count). The van der Waals surface area contributed by atoms with Crippen LogP contribution in [-0.4, -0.2) is 11.9 Å². The summed E-state index contributed by atoms with van der Waals surface area (Å²) in [4.78, 5) is 10.2. The predicted octanol–water partition coefficient (Wildman–Crippen LogP) is 4.63. The van der Waals surface area contributed by atoms with Crippen LogP contribution in [0.2, 0.25) is 0 Å². The van der Waals surface area contributed by atoms with E-state index in [0.29, 0.717) is 24.7 Å². The second-order valence-corrected chi connectivity index (χ2v) is 4.28. The van der Waals surface area contributed by atoms with Gasteiger partial charge in [-0.1, -0.05) is 45.4 Å². The molecule has 102 valence electrons. The lowest BCUT2D eigenvalue weighted by Gasteiger charge is -2.12. The highest BCUT2D eigenvalue weighted by atomic mass is 16.5. The van der Waals surface area contributed by atoms with E-state index in [4.69, 9.17) is 4.74 Å². The molecule has 2 heteroatoms. The van der Waals surface area contributed by atoms with Gasteiger partial charge in [-0.15, -0.1) is 0 Å². The van der Waals surface area contributed by atoms with Crippen LogP contribution >= 0.6 is 0 Å². The lowest BCUT2D eigenvalue weighted by atomic mass is 10.2. The van der Waals surface area contributed by atoms with E-state index in [-0.39, 0.29) is 0 Å². The number of hydrogen-bond acceptors (Lipinski definition) is 2. The Kier molecular flexibility index (Phi) is 10.0. The molecule has 0 aliphatic rings. The van der Waals surface area contributed by atoms with Gasteiger partial charge in [-0.3, -0.25) is 4.79 Å². The summed E-state index contributed by atoms with van der Waals surface area (Å²) in [5.74, 6) is 1.31. The van der Waals surface area contributed by atoms with E-state index in [1.165, 1.54) is 6.42 Å². The molecule has 0 fully saturated rings. The van der Waals surface area contributed by atoms with Crippen molar-refractivity contribution in [2.45, 2.75) is 59.5 Å². The van der Waals surface area contributed by atoms with E-state index in [1.54, 1.807) is 0 Å². The molecule has 2 nitrogen and oxygen atoms in total.